The maximum Gasteiger partial charge on any atom is 0.335 e. The Kier molecular flexibility index (Phi) is 3.92. The highest BCUT2D eigenvalue weighted by atomic mass is 16.4. The number of carboxylic acids is 1. The molecule has 1 aliphatic carbocycles. The minimum atomic E-state index is -0.967. The van der Waals surface area contributed by atoms with E-state index in [9.17, 15) is 15.0 Å². The van der Waals surface area contributed by atoms with Gasteiger partial charge in [-0.2, -0.15) is 0 Å². The van der Waals surface area contributed by atoms with Gasteiger partial charge < -0.3 is 20.4 Å². The predicted molar refractivity (Wildman–Crippen MR) is 98.2 cm³/mol. The SMILES string of the molecule is CN1CNC(c2cc(C(=O)O)ccn2)=C1c1ccc(C2(CO)CC2)cc1. The van der Waals surface area contributed by atoms with Crippen molar-refractivity contribution in [3.05, 3.63) is 65.0 Å². The van der Waals surface area contributed by atoms with E-state index < -0.39 is 5.97 Å². The number of aliphatic hydroxyl groups is 1. The summed E-state index contributed by atoms with van der Waals surface area (Å²) < 4.78 is 0. The van der Waals surface area contributed by atoms with E-state index in [1.807, 2.05) is 7.05 Å². The van der Waals surface area contributed by atoms with Crippen LogP contribution in [0.5, 0.6) is 0 Å². The number of rotatable bonds is 5. The van der Waals surface area contributed by atoms with Gasteiger partial charge in [0.25, 0.3) is 0 Å². The number of pyridine rings is 1. The molecule has 1 aliphatic heterocycles. The van der Waals surface area contributed by atoms with Crippen LogP contribution in [0, 0.1) is 0 Å². The first-order valence-electron chi connectivity index (χ1n) is 8.65. The number of nitrogens with zero attached hydrogens (tertiary/aromatic N) is 2. The number of aromatic carboxylic acids is 1. The molecule has 1 saturated carbocycles. The molecule has 0 unspecified atom stereocenters. The fourth-order valence-corrected chi connectivity index (χ4v) is 3.50. The molecule has 26 heavy (non-hydrogen) atoms. The summed E-state index contributed by atoms with van der Waals surface area (Å²) in [5.41, 5.74) is 4.80. The van der Waals surface area contributed by atoms with Crippen LogP contribution in [0.3, 0.4) is 0 Å². The average molecular weight is 351 g/mol. The van der Waals surface area contributed by atoms with E-state index in [1.165, 1.54) is 17.8 Å². The lowest BCUT2D eigenvalue weighted by Crippen LogP contribution is -2.18. The third-order valence-corrected chi connectivity index (χ3v) is 5.30. The average Bonchev–Trinajstić information content (AvgIpc) is 3.38. The topological polar surface area (TPSA) is 85.7 Å². The van der Waals surface area contributed by atoms with Crippen molar-refractivity contribution in [2.24, 2.45) is 0 Å². The smallest absolute Gasteiger partial charge is 0.335 e. The predicted octanol–water partition coefficient (Wildman–Crippen LogP) is 2.12. The monoisotopic (exact) mass is 351 g/mol. The van der Waals surface area contributed by atoms with Crippen molar-refractivity contribution < 1.29 is 15.0 Å². The minimum Gasteiger partial charge on any atom is -0.478 e. The number of nitrogens with one attached hydrogen (secondary N) is 1. The van der Waals surface area contributed by atoms with Gasteiger partial charge in [-0.3, -0.25) is 4.98 Å². The van der Waals surface area contributed by atoms with Crippen LogP contribution >= 0.6 is 0 Å². The molecule has 0 bridgehead atoms. The van der Waals surface area contributed by atoms with Gasteiger partial charge in [0.2, 0.25) is 0 Å². The Bertz CT molecular complexity index is 885. The number of aliphatic hydroxyl groups excluding tert-OH is 1. The lowest BCUT2D eigenvalue weighted by Gasteiger charge is -2.17. The molecule has 0 amide bonds. The zero-order valence-electron chi connectivity index (χ0n) is 14.6. The van der Waals surface area contributed by atoms with Gasteiger partial charge in [-0.25, -0.2) is 4.79 Å². The van der Waals surface area contributed by atoms with E-state index in [-0.39, 0.29) is 17.6 Å². The van der Waals surface area contributed by atoms with Crippen molar-refractivity contribution in [3.63, 3.8) is 0 Å². The zero-order chi connectivity index (χ0) is 18.3. The number of carboxylic acid groups (broad SMARTS) is 1. The second kappa shape index (κ2) is 6.14. The summed E-state index contributed by atoms with van der Waals surface area (Å²) >= 11 is 0. The number of aromatic nitrogens is 1. The molecule has 2 aliphatic rings. The second-order valence-corrected chi connectivity index (χ2v) is 7.01. The van der Waals surface area contributed by atoms with Crippen molar-refractivity contribution >= 4 is 17.4 Å². The van der Waals surface area contributed by atoms with Gasteiger partial charge in [0.15, 0.2) is 0 Å². The van der Waals surface area contributed by atoms with E-state index in [1.54, 1.807) is 6.07 Å². The highest BCUT2D eigenvalue weighted by Gasteiger charge is 2.43. The van der Waals surface area contributed by atoms with Crippen LogP contribution in [0.15, 0.2) is 42.6 Å². The lowest BCUT2D eigenvalue weighted by atomic mass is 9.95. The molecule has 0 saturated heterocycles. The van der Waals surface area contributed by atoms with Crippen LogP contribution in [-0.4, -0.2) is 46.4 Å². The first-order valence-corrected chi connectivity index (χ1v) is 8.65. The summed E-state index contributed by atoms with van der Waals surface area (Å²) in [6, 6.07) is 11.4. The Balaban J connectivity index is 1.74. The van der Waals surface area contributed by atoms with Gasteiger partial charge in [-0.05, 0) is 30.5 Å². The third-order valence-electron chi connectivity index (χ3n) is 5.30. The number of hydrogen-bond donors (Lipinski definition) is 3. The van der Waals surface area contributed by atoms with Crippen molar-refractivity contribution in [2.75, 3.05) is 20.3 Å². The summed E-state index contributed by atoms with van der Waals surface area (Å²) in [4.78, 5) is 17.7. The van der Waals surface area contributed by atoms with Crippen molar-refractivity contribution in [1.82, 2.24) is 15.2 Å². The number of benzene rings is 1. The summed E-state index contributed by atoms with van der Waals surface area (Å²) in [5.74, 6) is -0.967. The first-order chi connectivity index (χ1) is 12.5. The van der Waals surface area contributed by atoms with Gasteiger partial charge in [0.1, 0.15) is 0 Å². The highest BCUT2D eigenvalue weighted by Crippen LogP contribution is 2.47. The summed E-state index contributed by atoms with van der Waals surface area (Å²) in [7, 11) is 1.99. The molecule has 2 heterocycles. The molecule has 1 fully saturated rings. The van der Waals surface area contributed by atoms with E-state index in [4.69, 9.17) is 0 Å². The fraction of sp³-hybridized carbons (Fsp3) is 0.300. The van der Waals surface area contributed by atoms with Crippen LogP contribution < -0.4 is 5.32 Å². The second-order valence-electron chi connectivity index (χ2n) is 7.01. The lowest BCUT2D eigenvalue weighted by molar-refractivity contribution is 0.0696. The molecule has 0 radical (unpaired) electrons. The Labute approximate surface area is 151 Å². The first kappa shape index (κ1) is 16.6. The molecule has 6 nitrogen and oxygen atoms in total. The van der Waals surface area contributed by atoms with Crippen LogP contribution in [0.4, 0.5) is 0 Å². The standard InChI is InChI=1S/C20H21N3O3/c1-23-12-22-17(16-10-14(19(25)26)6-9-21-16)18(23)13-2-4-15(5-3-13)20(11-24)7-8-20/h2-6,9-10,22,24H,7-8,11-12H2,1H3,(H,25,26). The normalized spacial score (nSPS) is 18.0. The van der Waals surface area contributed by atoms with Gasteiger partial charge in [-0.1, -0.05) is 24.3 Å². The van der Waals surface area contributed by atoms with E-state index in [0.717, 1.165) is 29.8 Å². The highest BCUT2D eigenvalue weighted by molar-refractivity contribution is 5.93. The summed E-state index contributed by atoms with van der Waals surface area (Å²) in [5, 5.41) is 22.2. The maximum atomic E-state index is 11.3. The van der Waals surface area contributed by atoms with Crippen molar-refractivity contribution in [3.8, 4) is 0 Å². The Morgan fingerprint density at radius 2 is 2.00 bits per heavy atom. The van der Waals surface area contributed by atoms with Gasteiger partial charge >= 0.3 is 5.97 Å². The molecular weight excluding hydrogens is 330 g/mol. The molecule has 4 rings (SSSR count). The molecule has 0 spiro atoms. The molecule has 1 aromatic carbocycles. The summed E-state index contributed by atoms with van der Waals surface area (Å²) in [6.45, 7) is 0.819. The van der Waals surface area contributed by atoms with E-state index in [0.29, 0.717) is 12.4 Å². The van der Waals surface area contributed by atoms with Gasteiger partial charge in [-0.15, -0.1) is 0 Å². The minimum absolute atomic E-state index is 0.0487. The van der Waals surface area contributed by atoms with Crippen LogP contribution in [0.25, 0.3) is 11.4 Å². The number of hydrogen-bond acceptors (Lipinski definition) is 5. The quantitative estimate of drug-likeness (QED) is 0.765. The molecule has 134 valence electrons. The van der Waals surface area contributed by atoms with Gasteiger partial charge in [0.05, 0.1) is 35.9 Å². The Morgan fingerprint density at radius 3 is 2.62 bits per heavy atom. The summed E-state index contributed by atoms with van der Waals surface area (Å²) in [6.07, 6.45) is 3.58. The van der Waals surface area contributed by atoms with Crippen molar-refractivity contribution in [2.45, 2.75) is 18.3 Å². The van der Waals surface area contributed by atoms with Crippen LogP contribution in [-0.2, 0) is 5.41 Å². The molecule has 3 N–H and O–H groups in total. The molecular formula is C20H21N3O3. The van der Waals surface area contributed by atoms with Gasteiger partial charge in [0, 0.05) is 24.2 Å². The Morgan fingerprint density at radius 1 is 1.27 bits per heavy atom. The third kappa shape index (κ3) is 2.72. The maximum absolute atomic E-state index is 11.3. The van der Waals surface area contributed by atoms with Crippen LogP contribution in [0.2, 0.25) is 0 Å². The number of carbonyl (C=O) groups is 1. The molecule has 6 heteroatoms. The van der Waals surface area contributed by atoms with Crippen molar-refractivity contribution in [1.29, 1.82) is 0 Å². The fourth-order valence-electron chi connectivity index (χ4n) is 3.50. The van der Waals surface area contributed by atoms with E-state index in [2.05, 4.69) is 39.5 Å². The largest absolute Gasteiger partial charge is 0.478 e. The molecule has 1 aromatic heterocycles. The molecule has 0 atom stereocenters. The molecule has 2 aromatic rings. The van der Waals surface area contributed by atoms with E-state index >= 15 is 0 Å². The zero-order valence-corrected chi connectivity index (χ0v) is 14.6. The Hall–Kier alpha value is -2.86. The van der Waals surface area contributed by atoms with Crippen LogP contribution in [0.1, 0.15) is 40.0 Å².